The van der Waals surface area contributed by atoms with Crippen molar-refractivity contribution >= 4 is 44.6 Å². The molecule has 0 N–H and O–H groups in total. The Hall–Kier alpha value is -6.42. The molecule has 0 saturated heterocycles. The molecule has 0 unspecified atom stereocenters. The summed E-state index contributed by atoms with van der Waals surface area (Å²) in [5.41, 5.74) is 5.11. The van der Waals surface area contributed by atoms with Gasteiger partial charge in [-0.25, -0.2) is 4.98 Å². The third-order valence-corrected chi connectivity index (χ3v) is 10.7. The Morgan fingerprint density at radius 2 is 1.34 bits per heavy atom. The number of aromatic nitrogens is 2. The number of fused-ring (bicyclic) bond motifs is 4. The first-order chi connectivity index (χ1) is 33.6. The van der Waals surface area contributed by atoms with E-state index in [4.69, 9.17) is 23.4 Å². The second-order valence-corrected chi connectivity index (χ2v) is 15.9. The van der Waals surface area contributed by atoms with Crippen molar-refractivity contribution in [2.45, 2.75) is 45.9 Å². The van der Waals surface area contributed by atoms with Crippen LogP contribution in [0.25, 0.3) is 49.9 Å². The van der Waals surface area contributed by atoms with Gasteiger partial charge in [0.15, 0.2) is 0 Å². The van der Waals surface area contributed by atoms with Crippen molar-refractivity contribution in [1.29, 1.82) is 0 Å². The Kier molecular flexibility index (Phi) is 7.69. The average molecular weight is 984 g/mol. The summed E-state index contributed by atoms with van der Waals surface area (Å²) in [4.78, 5) is 8.35. The Morgan fingerprint density at radius 1 is 0.689 bits per heavy atom. The molecule has 6 heteroatoms. The molecule has 0 bridgehead atoms. The molecular weight excluding hydrogens is 928 g/mol. The fourth-order valence-corrected chi connectivity index (χ4v) is 7.76. The average Bonchev–Trinajstić information content (AvgIpc) is 3.89. The quantitative estimate of drug-likeness (QED) is 0.142. The van der Waals surface area contributed by atoms with Crippen LogP contribution in [0.1, 0.15) is 66.7 Å². The van der Waals surface area contributed by atoms with E-state index in [1.807, 2.05) is 71.8 Å². The zero-order chi connectivity index (χ0) is 50.6. The molecule has 5 nitrogen and oxygen atoms in total. The van der Waals surface area contributed by atoms with Crippen LogP contribution in [-0.2, 0) is 26.5 Å². The molecule has 1 aliphatic rings. The van der Waals surface area contributed by atoms with Crippen LogP contribution >= 0.6 is 0 Å². The van der Waals surface area contributed by atoms with Crippen LogP contribution in [0.2, 0.25) is 0 Å². The van der Waals surface area contributed by atoms with Gasteiger partial charge >= 0.3 is 0 Å². The zero-order valence-corrected chi connectivity index (χ0v) is 36.3. The molecule has 1 aliphatic heterocycles. The van der Waals surface area contributed by atoms with Crippen molar-refractivity contribution in [3.63, 3.8) is 0 Å². The monoisotopic (exact) mass is 983 g/mol. The van der Waals surface area contributed by atoms with E-state index in [1.165, 1.54) is 0 Å². The standard InChI is InChI=1S/C55H45N4O.Pt/c1-37(2)40-31-42(34-44(32-40)60-43-27-28-48-47-21-12-13-24-49(47)59(52(48)35-43)53-33-41(29-30-56-53)55(3,4)5)57-36-58(51-26-15-14-25-50(51)57)54-45(38-17-8-6-9-18-38)22-16-23-46(54)39-19-10-7-11-20-39;/h6-33,36-37H,1-5H3;/q-3;/i6D,7D,8D,9D,10D,11D,17D,18D,19D,20D,37D;. The molecule has 3 heterocycles. The number of nitrogens with zero attached hydrogens (tertiary/aromatic N) is 4. The molecule has 7 aromatic carbocycles. The van der Waals surface area contributed by atoms with Crippen molar-refractivity contribution in [3.8, 4) is 39.6 Å². The molecule has 0 spiro atoms. The van der Waals surface area contributed by atoms with Gasteiger partial charge in [-0.1, -0.05) is 149 Å². The van der Waals surface area contributed by atoms with Crippen LogP contribution < -0.4 is 14.5 Å². The van der Waals surface area contributed by atoms with Crippen LogP contribution in [0.15, 0.2) is 170 Å². The molecule has 304 valence electrons. The topological polar surface area (TPSA) is 33.5 Å². The van der Waals surface area contributed by atoms with E-state index < -0.39 is 66.3 Å². The van der Waals surface area contributed by atoms with Crippen molar-refractivity contribution < 1.29 is 40.9 Å². The first-order valence-corrected chi connectivity index (χ1v) is 19.6. The van der Waals surface area contributed by atoms with E-state index in [-0.39, 0.29) is 60.2 Å². The predicted molar refractivity (Wildman–Crippen MR) is 248 cm³/mol. The molecule has 0 amide bonds. The van der Waals surface area contributed by atoms with Crippen LogP contribution in [0.3, 0.4) is 0 Å². The SMILES string of the molecule is [2H]c1c([2H])c([2H])c(-c2cccc(-c3c([2H])c([2H])c([2H])c([2H])c3[2H])c2N2[CH-]N(c3[c-]c(Oc4[c-]c5c(cc4)c4ccccc4n5-c4cc(C(C)(C)C)ccn4)cc(C([2H])(C)C)c3)c3ccccc32)c([2H])c1[2H].[Pt]. The second-order valence-electron chi connectivity index (χ2n) is 15.9. The zero-order valence-electron chi connectivity index (χ0n) is 45.0. The number of benzene rings is 7. The van der Waals surface area contributed by atoms with E-state index in [0.29, 0.717) is 28.4 Å². The van der Waals surface area contributed by atoms with Gasteiger partial charge in [0.1, 0.15) is 5.82 Å². The first kappa shape index (κ1) is 28.9. The van der Waals surface area contributed by atoms with Gasteiger partial charge in [-0.05, 0) is 63.7 Å². The molecule has 61 heavy (non-hydrogen) atoms. The van der Waals surface area contributed by atoms with Gasteiger partial charge in [0.05, 0.1) is 13.7 Å². The maximum atomic E-state index is 9.23. The molecule has 10 rings (SSSR count). The van der Waals surface area contributed by atoms with Crippen molar-refractivity contribution in [1.82, 2.24) is 9.55 Å². The van der Waals surface area contributed by atoms with Crippen LogP contribution in [0, 0.1) is 18.8 Å². The normalized spacial score (nSPS) is 15.3. The summed E-state index contributed by atoms with van der Waals surface area (Å²) in [6.45, 7) is 11.7. The predicted octanol–water partition coefficient (Wildman–Crippen LogP) is 14.7. The third-order valence-electron chi connectivity index (χ3n) is 10.7. The summed E-state index contributed by atoms with van der Waals surface area (Å²) in [5.74, 6) is 0.276. The molecule has 0 radical (unpaired) electrons. The number of ether oxygens (including phenoxy) is 1. The van der Waals surface area contributed by atoms with E-state index in [9.17, 15) is 1.37 Å². The molecule has 0 saturated carbocycles. The van der Waals surface area contributed by atoms with E-state index in [0.717, 1.165) is 33.2 Å². The fraction of sp³-hybridized carbons (Fsp3) is 0.127. The first-order valence-electron chi connectivity index (χ1n) is 25.1. The molecule has 0 fully saturated rings. The van der Waals surface area contributed by atoms with Crippen molar-refractivity contribution in [2.75, 3.05) is 9.80 Å². The molecule has 2 aromatic heterocycles. The van der Waals surface area contributed by atoms with Gasteiger partial charge in [0.2, 0.25) is 0 Å². The van der Waals surface area contributed by atoms with Crippen LogP contribution in [-0.4, -0.2) is 9.55 Å². The number of anilines is 4. The Bertz CT molecular complexity index is 3530. The van der Waals surface area contributed by atoms with Gasteiger partial charge in [-0.15, -0.1) is 53.6 Å². The number of para-hydroxylation sites is 4. The van der Waals surface area contributed by atoms with Crippen molar-refractivity contribution in [3.05, 3.63) is 200 Å². The minimum Gasteiger partial charge on any atom is -0.509 e. The molecule has 0 aliphatic carbocycles. The summed E-state index contributed by atoms with van der Waals surface area (Å²) in [5, 5.41) is 1.98. The minimum absolute atomic E-state index is 0. The maximum Gasteiger partial charge on any atom is 0.135 e. The van der Waals surface area contributed by atoms with Crippen LogP contribution in [0.5, 0.6) is 11.5 Å². The van der Waals surface area contributed by atoms with Gasteiger partial charge in [0.25, 0.3) is 0 Å². The minimum atomic E-state index is -1.13. The van der Waals surface area contributed by atoms with Crippen LogP contribution in [0.4, 0.5) is 22.7 Å². The fourth-order valence-electron chi connectivity index (χ4n) is 7.76. The largest absolute Gasteiger partial charge is 0.509 e. The van der Waals surface area contributed by atoms with E-state index in [2.05, 4.69) is 55.7 Å². The Balaban J connectivity index is 0.00000640. The summed E-state index contributed by atoms with van der Waals surface area (Å²) < 4.78 is 105. The number of pyridine rings is 1. The van der Waals surface area contributed by atoms with Crippen molar-refractivity contribution in [2.24, 2.45) is 0 Å². The Labute approximate surface area is 388 Å². The summed E-state index contributed by atoms with van der Waals surface area (Å²) in [7, 11) is 0. The molecule has 9 aromatic rings. The summed E-state index contributed by atoms with van der Waals surface area (Å²) in [6.07, 6.45) is 1.82. The second kappa shape index (κ2) is 16.2. The van der Waals surface area contributed by atoms with Gasteiger partial charge in [-0.3, -0.25) is 0 Å². The van der Waals surface area contributed by atoms with Gasteiger partial charge < -0.3 is 19.1 Å². The van der Waals surface area contributed by atoms with Gasteiger partial charge in [0, 0.05) is 73.8 Å². The number of hydrogen-bond acceptors (Lipinski definition) is 4. The van der Waals surface area contributed by atoms with E-state index >= 15 is 0 Å². The number of rotatable bonds is 8. The third kappa shape index (κ3) is 7.42. The molecular formula is C55H45N4OPt-3. The van der Waals surface area contributed by atoms with E-state index in [1.54, 1.807) is 49.7 Å². The Morgan fingerprint density at radius 3 is 2.02 bits per heavy atom. The maximum absolute atomic E-state index is 9.23. The smallest absolute Gasteiger partial charge is 0.135 e. The molecule has 0 atom stereocenters. The summed E-state index contributed by atoms with van der Waals surface area (Å²) in [6, 6.07) is 33.4. The van der Waals surface area contributed by atoms with Gasteiger partial charge in [-0.2, -0.15) is 6.07 Å². The number of hydrogen-bond donors (Lipinski definition) is 0. The summed E-state index contributed by atoms with van der Waals surface area (Å²) >= 11 is 0.